The van der Waals surface area contributed by atoms with Gasteiger partial charge in [-0.05, 0) is 12.1 Å². The van der Waals surface area contributed by atoms with Crippen molar-refractivity contribution in [3.05, 3.63) is 30.3 Å². The molecule has 1 aromatic rings. The van der Waals surface area contributed by atoms with Crippen LogP contribution < -0.4 is 4.90 Å². The fraction of sp³-hybridized carbons (Fsp3) is 0.429. The molecule has 0 aromatic heterocycles. The predicted molar refractivity (Wildman–Crippen MR) is 76.7 cm³/mol. The van der Waals surface area contributed by atoms with Gasteiger partial charge < -0.3 is 4.90 Å². The van der Waals surface area contributed by atoms with E-state index in [9.17, 15) is 0 Å². The molecule has 1 saturated heterocycles. The maximum absolute atomic E-state index is 3.31. The maximum atomic E-state index is 3.31. The smallest absolute Gasteiger partial charge is 0.0645 e. The Balaban J connectivity index is 1.82. The van der Waals surface area contributed by atoms with Gasteiger partial charge >= 0.3 is 0 Å². The minimum atomic E-state index is 0.775. The summed E-state index contributed by atoms with van der Waals surface area (Å²) in [5.41, 5.74) is 1.33. The predicted octanol–water partition coefficient (Wildman–Crippen LogP) is 2.21. The zero-order chi connectivity index (χ0) is 11.9. The number of halogens is 1. The highest BCUT2D eigenvalue weighted by molar-refractivity contribution is 9.09. The van der Waals surface area contributed by atoms with Crippen LogP contribution in [0.2, 0.25) is 0 Å². The summed E-state index contributed by atoms with van der Waals surface area (Å²) in [6.45, 7) is 5.30. The third-order valence-corrected chi connectivity index (χ3v) is 3.27. The summed E-state index contributed by atoms with van der Waals surface area (Å²) < 4.78 is 0. The number of hydrogen-bond acceptors (Lipinski definition) is 2. The van der Waals surface area contributed by atoms with Gasteiger partial charge in [0.25, 0.3) is 0 Å². The van der Waals surface area contributed by atoms with E-state index < -0.39 is 0 Å². The molecule has 0 unspecified atom stereocenters. The summed E-state index contributed by atoms with van der Waals surface area (Å²) in [5, 5.41) is 0.775. The second kappa shape index (κ2) is 6.68. The Hall–Kier alpha value is -0.980. The number of nitrogens with zero attached hydrogens (tertiary/aromatic N) is 2. The first-order valence-electron chi connectivity index (χ1n) is 5.94. The van der Waals surface area contributed by atoms with Crippen molar-refractivity contribution in [2.24, 2.45) is 0 Å². The Morgan fingerprint density at radius 2 is 1.71 bits per heavy atom. The van der Waals surface area contributed by atoms with Crippen molar-refractivity contribution in [2.45, 2.75) is 0 Å². The van der Waals surface area contributed by atoms with E-state index in [-0.39, 0.29) is 0 Å². The minimum Gasteiger partial charge on any atom is -0.369 e. The lowest BCUT2D eigenvalue weighted by Gasteiger charge is -2.35. The molecule has 0 amide bonds. The van der Waals surface area contributed by atoms with Crippen molar-refractivity contribution >= 4 is 21.6 Å². The van der Waals surface area contributed by atoms with Crippen molar-refractivity contribution in [1.82, 2.24) is 4.90 Å². The second-order valence-corrected chi connectivity index (χ2v) is 4.65. The molecular weight excluding hydrogens is 276 g/mol. The Labute approximate surface area is 112 Å². The van der Waals surface area contributed by atoms with Crippen LogP contribution in [-0.2, 0) is 0 Å². The van der Waals surface area contributed by atoms with Gasteiger partial charge in [0.15, 0.2) is 0 Å². The van der Waals surface area contributed by atoms with Crippen molar-refractivity contribution in [2.75, 3.05) is 43.0 Å². The van der Waals surface area contributed by atoms with Crippen LogP contribution in [0.25, 0.3) is 0 Å². The zero-order valence-electron chi connectivity index (χ0n) is 9.90. The quantitative estimate of drug-likeness (QED) is 0.609. The Morgan fingerprint density at radius 3 is 2.35 bits per heavy atom. The average molecular weight is 293 g/mol. The lowest BCUT2D eigenvalue weighted by atomic mass is 10.2. The molecule has 1 aromatic carbocycles. The van der Waals surface area contributed by atoms with E-state index in [1.807, 2.05) is 0 Å². The van der Waals surface area contributed by atoms with Crippen LogP contribution in [0.5, 0.6) is 0 Å². The fourth-order valence-electron chi connectivity index (χ4n) is 2.02. The van der Waals surface area contributed by atoms with Crippen molar-refractivity contribution in [3.8, 4) is 11.8 Å². The normalized spacial score (nSPS) is 16.4. The van der Waals surface area contributed by atoms with Gasteiger partial charge in [-0.2, -0.15) is 0 Å². The van der Waals surface area contributed by atoms with Crippen molar-refractivity contribution in [3.63, 3.8) is 0 Å². The van der Waals surface area contributed by atoms with E-state index in [4.69, 9.17) is 0 Å². The molecule has 0 aliphatic carbocycles. The lowest BCUT2D eigenvalue weighted by molar-refractivity contribution is 0.288. The summed E-state index contributed by atoms with van der Waals surface area (Å²) in [7, 11) is 0. The van der Waals surface area contributed by atoms with E-state index in [0.717, 1.165) is 38.1 Å². The molecule has 17 heavy (non-hydrogen) atoms. The van der Waals surface area contributed by atoms with Gasteiger partial charge in [-0.25, -0.2) is 0 Å². The molecule has 0 N–H and O–H groups in total. The van der Waals surface area contributed by atoms with Crippen molar-refractivity contribution in [1.29, 1.82) is 0 Å². The van der Waals surface area contributed by atoms with E-state index >= 15 is 0 Å². The van der Waals surface area contributed by atoms with Crippen LogP contribution >= 0.6 is 15.9 Å². The first kappa shape index (κ1) is 12.5. The molecule has 0 saturated carbocycles. The van der Waals surface area contributed by atoms with Crippen LogP contribution in [0.15, 0.2) is 30.3 Å². The van der Waals surface area contributed by atoms with Crippen LogP contribution in [0.3, 0.4) is 0 Å². The molecule has 1 aliphatic heterocycles. The van der Waals surface area contributed by atoms with Crippen LogP contribution in [0.4, 0.5) is 5.69 Å². The highest BCUT2D eigenvalue weighted by Crippen LogP contribution is 2.15. The SMILES string of the molecule is BrCC#CCN1CCN(c2ccccc2)CC1. The van der Waals surface area contributed by atoms with Gasteiger partial charge in [0, 0.05) is 31.9 Å². The maximum Gasteiger partial charge on any atom is 0.0645 e. The largest absolute Gasteiger partial charge is 0.369 e. The highest BCUT2D eigenvalue weighted by Gasteiger charge is 2.15. The number of alkyl halides is 1. The fourth-order valence-corrected chi connectivity index (χ4v) is 2.22. The molecule has 0 radical (unpaired) electrons. The lowest BCUT2D eigenvalue weighted by Crippen LogP contribution is -2.46. The molecule has 0 bridgehead atoms. The van der Waals surface area contributed by atoms with E-state index in [2.05, 4.69) is 67.9 Å². The summed E-state index contributed by atoms with van der Waals surface area (Å²) in [6.07, 6.45) is 0. The topological polar surface area (TPSA) is 6.48 Å². The van der Waals surface area contributed by atoms with Gasteiger partial charge in [-0.3, -0.25) is 4.90 Å². The number of benzene rings is 1. The molecule has 2 rings (SSSR count). The standard InChI is InChI=1S/C14H17BrN2/c15-8-4-5-9-16-10-12-17(13-11-16)14-6-2-1-3-7-14/h1-3,6-7H,8-13H2. The third kappa shape index (κ3) is 3.76. The second-order valence-electron chi connectivity index (χ2n) is 4.09. The zero-order valence-corrected chi connectivity index (χ0v) is 11.5. The molecule has 0 atom stereocenters. The minimum absolute atomic E-state index is 0.775. The van der Waals surface area contributed by atoms with Gasteiger partial charge in [-0.1, -0.05) is 46.0 Å². The number of piperazine rings is 1. The van der Waals surface area contributed by atoms with Crippen LogP contribution in [0, 0.1) is 11.8 Å². The molecule has 1 aliphatic rings. The first-order valence-corrected chi connectivity index (χ1v) is 7.06. The molecule has 3 heteroatoms. The number of hydrogen-bond donors (Lipinski definition) is 0. The Morgan fingerprint density at radius 1 is 1.00 bits per heavy atom. The summed E-state index contributed by atoms with van der Waals surface area (Å²) in [5.74, 6) is 6.22. The van der Waals surface area contributed by atoms with E-state index in [1.54, 1.807) is 0 Å². The molecule has 1 fully saturated rings. The van der Waals surface area contributed by atoms with Gasteiger partial charge in [0.1, 0.15) is 0 Å². The molecule has 90 valence electrons. The number of para-hydroxylation sites is 1. The molecule has 2 nitrogen and oxygen atoms in total. The van der Waals surface area contributed by atoms with Crippen LogP contribution in [-0.4, -0.2) is 43.0 Å². The Kier molecular flexibility index (Phi) is 4.90. The molecule has 1 heterocycles. The summed E-state index contributed by atoms with van der Waals surface area (Å²) in [6, 6.07) is 10.6. The van der Waals surface area contributed by atoms with Crippen molar-refractivity contribution < 1.29 is 0 Å². The Bertz CT molecular complexity index is 386. The van der Waals surface area contributed by atoms with Gasteiger partial charge in [0.2, 0.25) is 0 Å². The van der Waals surface area contributed by atoms with E-state index in [0.29, 0.717) is 0 Å². The summed E-state index contributed by atoms with van der Waals surface area (Å²) in [4.78, 5) is 4.85. The van der Waals surface area contributed by atoms with Gasteiger partial charge in [0.05, 0.1) is 11.9 Å². The van der Waals surface area contributed by atoms with Crippen LogP contribution in [0.1, 0.15) is 0 Å². The molecule has 0 spiro atoms. The third-order valence-electron chi connectivity index (χ3n) is 2.99. The monoisotopic (exact) mass is 292 g/mol. The average Bonchev–Trinajstić information content (AvgIpc) is 2.41. The highest BCUT2D eigenvalue weighted by atomic mass is 79.9. The number of rotatable bonds is 2. The number of anilines is 1. The van der Waals surface area contributed by atoms with E-state index in [1.165, 1.54) is 5.69 Å². The molecular formula is C14H17BrN2. The first-order chi connectivity index (χ1) is 8.40. The summed E-state index contributed by atoms with van der Waals surface area (Å²) >= 11 is 3.31. The van der Waals surface area contributed by atoms with Gasteiger partial charge in [-0.15, -0.1) is 0 Å².